The lowest BCUT2D eigenvalue weighted by atomic mass is 10.1. The Balaban J connectivity index is 0.00000280. The quantitative estimate of drug-likeness (QED) is 0.275. The smallest absolute Gasteiger partial charge is 0.191 e. The van der Waals surface area contributed by atoms with Gasteiger partial charge in [-0.25, -0.2) is 0 Å². The Hall–Kier alpha value is -1.06. The molecule has 1 saturated heterocycles. The molecule has 28 heavy (non-hydrogen) atoms. The highest BCUT2D eigenvalue weighted by Crippen LogP contribution is 2.28. The fourth-order valence-corrected chi connectivity index (χ4v) is 3.39. The molecule has 2 unspecified atom stereocenters. The van der Waals surface area contributed by atoms with Crippen molar-refractivity contribution in [3.63, 3.8) is 0 Å². The number of aliphatic hydroxyl groups excluding tert-OH is 1. The van der Waals surface area contributed by atoms with E-state index in [1.54, 1.807) is 0 Å². The van der Waals surface area contributed by atoms with Crippen LogP contribution in [0.2, 0.25) is 0 Å². The molecule has 1 aliphatic heterocycles. The summed E-state index contributed by atoms with van der Waals surface area (Å²) >= 11 is 0. The van der Waals surface area contributed by atoms with Crippen molar-refractivity contribution in [3.8, 4) is 0 Å². The first-order valence-electron chi connectivity index (χ1n) is 10.3. The SMILES string of the molecule is CCNC(=NCC(O)COCC1CC1)NC1CCCN(c2ccccc2)C1.I. The highest BCUT2D eigenvalue weighted by molar-refractivity contribution is 14.0. The zero-order valence-electron chi connectivity index (χ0n) is 16.8. The molecule has 1 heterocycles. The van der Waals surface area contributed by atoms with Crippen LogP contribution in [-0.2, 0) is 4.74 Å². The molecule has 6 nitrogen and oxygen atoms in total. The molecule has 1 saturated carbocycles. The van der Waals surface area contributed by atoms with Crippen molar-refractivity contribution in [3.05, 3.63) is 30.3 Å². The van der Waals surface area contributed by atoms with Crippen molar-refractivity contribution < 1.29 is 9.84 Å². The van der Waals surface area contributed by atoms with E-state index in [-0.39, 0.29) is 24.0 Å². The van der Waals surface area contributed by atoms with E-state index in [0.717, 1.165) is 51.0 Å². The number of guanidine groups is 1. The average molecular weight is 502 g/mol. The second-order valence-electron chi connectivity index (χ2n) is 7.62. The third-order valence-corrected chi connectivity index (χ3v) is 5.05. The van der Waals surface area contributed by atoms with Crippen LogP contribution < -0.4 is 15.5 Å². The maximum absolute atomic E-state index is 10.1. The number of hydrogen-bond acceptors (Lipinski definition) is 4. The molecule has 2 aliphatic rings. The summed E-state index contributed by atoms with van der Waals surface area (Å²) in [6.07, 6.45) is 4.27. The molecule has 1 aromatic carbocycles. The molecule has 3 N–H and O–H groups in total. The molecule has 7 heteroatoms. The fraction of sp³-hybridized carbons (Fsp3) is 0.667. The molecule has 158 valence electrons. The van der Waals surface area contributed by atoms with Crippen LogP contribution >= 0.6 is 24.0 Å². The first-order valence-corrected chi connectivity index (χ1v) is 10.3. The Kier molecular flexibility index (Phi) is 10.4. The number of rotatable bonds is 9. The number of nitrogens with zero attached hydrogens (tertiary/aromatic N) is 2. The van der Waals surface area contributed by atoms with Crippen molar-refractivity contribution in [1.82, 2.24) is 10.6 Å². The summed E-state index contributed by atoms with van der Waals surface area (Å²) in [5, 5.41) is 16.9. The number of halogens is 1. The Morgan fingerprint density at radius 2 is 2.07 bits per heavy atom. The monoisotopic (exact) mass is 502 g/mol. The van der Waals surface area contributed by atoms with E-state index in [1.165, 1.54) is 18.5 Å². The van der Waals surface area contributed by atoms with Crippen LogP contribution in [0.25, 0.3) is 0 Å². The van der Waals surface area contributed by atoms with Gasteiger partial charge in [-0.15, -0.1) is 24.0 Å². The van der Waals surface area contributed by atoms with Crippen LogP contribution in [0, 0.1) is 5.92 Å². The van der Waals surface area contributed by atoms with E-state index in [1.807, 2.05) is 0 Å². The van der Waals surface area contributed by atoms with Gasteiger partial charge in [-0.1, -0.05) is 18.2 Å². The van der Waals surface area contributed by atoms with E-state index in [2.05, 4.69) is 57.8 Å². The first-order chi connectivity index (χ1) is 13.2. The molecule has 1 aliphatic carbocycles. The third kappa shape index (κ3) is 8.13. The van der Waals surface area contributed by atoms with Crippen LogP contribution in [0.4, 0.5) is 5.69 Å². The summed E-state index contributed by atoms with van der Waals surface area (Å²) in [6, 6.07) is 10.9. The standard InChI is InChI=1S/C21H34N4O2.HI/c1-2-22-21(23-13-20(26)16-27-15-17-10-11-17)24-18-7-6-12-25(14-18)19-8-4-3-5-9-19;/h3-5,8-9,17-18,20,26H,2,6-7,10-16H2,1H3,(H2,22,23,24);1H. The molecule has 0 amide bonds. The highest BCUT2D eigenvalue weighted by Gasteiger charge is 2.22. The van der Waals surface area contributed by atoms with Crippen molar-refractivity contribution in [2.24, 2.45) is 10.9 Å². The maximum Gasteiger partial charge on any atom is 0.191 e. The molecule has 0 bridgehead atoms. The van der Waals surface area contributed by atoms with Crippen molar-refractivity contribution >= 4 is 35.6 Å². The first kappa shape index (κ1) is 23.2. The molecule has 2 atom stereocenters. The number of ether oxygens (including phenoxy) is 1. The van der Waals surface area contributed by atoms with E-state index >= 15 is 0 Å². The molecule has 0 spiro atoms. The normalized spacial score (nSPS) is 21.0. The minimum Gasteiger partial charge on any atom is -0.389 e. The Bertz CT molecular complexity index is 583. The fourth-order valence-electron chi connectivity index (χ4n) is 3.39. The van der Waals surface area contributed by atoms with Gasteiger partial charge in [-0.3, -0.25) is 4.99 Å². The van der Waals surface area contributed by atoms with Crippen LogP contribution in [0.15, 0.2) is 35.3 Å². The lowest BCUT2D eigenvalue weighted by molar-refractivity contribution is 0.0368. The Morgan fingerprint density at radius 3 is 2.79 bits per heavy atom. The molecular formula is C21H35IN4O2. The van der Waals surface area contributed by atoms with Crippen LogP contribution in [-0.4, -0.2) is 62.6 Å². The minimum absolute atomic E-state index is 0. The maximum atomic E-state index is 10.1. The summed E-state index contributed by atoms with van der Waals surface area (Å²) in [7, 11) is 0. The van der Waals surface area contributed by atoms with Gasteiger partial charge in [0.25, 0.3) is 0 Å². The molecular weight excluding hydrogens is 467 g/mol. The number of benzene rings is 1. The number of aliphatic hydroxyl groups is 1. The predicted octanol–water partition coefficient (Wildman–Crippen LogP) is 2.62. The van der Waals surface area contributed by atoms with E-state index in [0.29, 0.717) is 19.2 Å². The summed E-state index contributed by atoms with van der Waals surface area (Å²) in [4.78, 5) is 6.99. The zero-order valence-corrected chi connectivity index (χ0v) is 19.2. The number of para-hydroxylation sites is 1. The zero-order chi connectivity index (χ0) is 18.9. The lowest BCUT2D eigenvalue weighted by Crippen LogP contribution is -2.51. The van der Waals surface area contributed by atoms with Crippen LogP contribution in [0.5, 0.6) is 0 Å². The summed E-state index contributed by atoms with van der Waals surface area (Å²) < 4.78 is 5.56. The Labute approximate surface area is 186 Å². The van der Waals surface area contributed by atoms with Gasteiger partial charge >= 0.3 is 0 Å². The average Bonchev–Trinajstić information content (AvgIpc) is 3.52. The highest BCUT2D eigenvalue weighted by atomic mass is 127. The van der Waals surface area contributed by atoms with Crippen molar-refractivity contribution in [2.75, 3.05) is 44.3 Å². The molecule has 3 rings (SSSR count). The number of nitrogens with one attached hydrogen (secondary N) is 2. The number of piperidine rings is 1. The van der Waals surface area contributed by atoms with Crippen LogP contribution in [0.3, 0.4) is 0 Å². The van der Waals surface area contributed by atoms with E-state index in [9.17, 15) is 5.11 Å². The summed E-state index contributed by atoms with van der Waals surface area (Å²) in [6.45, 7) is 6.41. The molecule has 1 aromatic rings. The third-order valence-electron chi connectivity index (χ3n) is 5.05. The predicted molar refractivity (Wildman–Crippen MR) is 126 cm³/mol. The van der Waals surface area contributed by atoms with Gasteiger partial charge in [0.05, 0.1) is 19.3 Å². The Morgan fingerprint density at radius 1 is 1.29 bits per heavy atom. The van der Waals surface area contributed by atoms with E-state index in [4.69, 9.17) is 4.74 Å². The van der Waals surface area contributed by atoms with Gasteiger partial charge in [0.2, 0.25) is 0 Å². The van der Waals surface area contributed by atoms with Crippen molar-refractivity contribution in [2.45, 2.75) is 44.8 Å². The second-order valence-corrected chi connectivity index (χ2v) is 7.62. The van der Waals surface area contributed by atoms with Gasteiger partial charge in [0.1, 0.15) is 0 Å². The molecule has 2 fully saturated rings. The summed E-state index contributed by atoms with van der Waals surface area (Å²) in [5.41, 5.74) is 1.27. The van der Waals surface area contributed by atoms with E-state index < -0.39 is 6.10 Å². The largest absolute Gasteiger partial charge is 0.389 e. The van der Waals surface area contributed by atoms with Gasteiger partial charge < -0.3 is 25.4 Å². The topological polar surface area (TPSA) is 69.1 Å². The van der Waals surface area contributed by atoms with Crippen molar-refractivity contribution in [1.29, 1.82) is 0 Å². The molecule has 0 aromatic heterocycles. The number of anilines is 1. The second kappa shape index (κ2) is 12.5. The summed E-state index contributed by atoms with van der Waals surface area (Å²) in [5.74, 6) is 1.50. The van der Waals surface area contributed by atoms with Gasteiger partial charge in [-0.05, 0) is 50.7 Å². The molecule has 0 radical (unpaired) electrons. The van der Waals surface area contributed by atoms with Gasteiger partial charge in [0.15, 0.2) is 5.96 Å². The lowest BCUT2D eigenvalue weighted by Gasteiger charge is -2.35. The van der Waals surface area contributed by atoms with Gasteiger partial charge in [0, 0.05) is 38.0 Å². The number of hydrogen-bond donors (Lipinski definition) is 3. The number of aliphatic imine (C=N–C) groups is 1. The minimum atomic E-state index is -0.550. The van der Waals surface area contributed by atoms with Gasteiger partial charge in [-0.2, -0.15) is 0 Å². The van der Waals surface area contributed by atoms with Crippen LogP contribution in [0.1, 0.15) is 32.6 Å².